The molecule has 0 N–H and O–H groups in total. The molecule has 1 aliphatic heterocycles. The van der Waals surface area contributed by atoms with E-state index in [4.69, 9.17) is 4.74 Å². The van der Waals surface area contributed by atoms with Crippen LogP contribution >= 0.6 is 15.9 Å². The second-order valence-electron chi connectivity index (χ2n) is 6.06. The number of carbonyl (C=O) groups excluding carboxylic acids is 1. The van der Waals surface area contributed by atoms with Crippen LogP contribution in [0.5, 0.6) is 0 Å². The average molecular weight is 372 g/mol. The van der Waals surface area contributed by atoms with E-state index in [0.29, 0.717) is 0 Å². The third kappa shape index (κ3) is 2.81. The molecule has 2 aliphatic carbocycles. The van der Waals surface area contributed by atoms with Crippen LogP contribution < -0.4 is 0 Å². The van der Waals surface area contributed by atoms with Crippen molar-refractivity contribution in [3.8, 4) is 0 Å². The molecule has 118 valence electrons. The molecule has 1 heterocycles. The molecule has 0 radical (unpaired) electrons. The Hall–Kier alpha value is -1.65. The van der Waals surface area contributed by atoms with Gasteiger partial charge in [-0.2, -0.15) is 0 Å². The van der Waals surface area contributed by atoms with E-state index >= 15 is 0 Å². The van der Waals surface area contributed by atoms with Gasteiger partial charge in [0.05, 0.1) is 13.2 Å². The first-order valence-corrected chi connectivity index (χ1v) is 8.78. The Bertz CT molecular complexity index is 737. The number of halogens is 1. The maximum Gasteiger partial charge on any atom is 0.184 e. The molecule has 0 spiro atoms. The molecule has 1 aromatic rings. The molecule has 0 unspecified atom stereocenters. The largest absolute Gasteiger partial charge is 0.378 e. The SMILES string of the molecule is O=C1C=C(N2CCOCC2)CC2=C1CC=C2c1ccc(Br)cc1. The fraction of sp³-hybridized carbons (Fsp3) is 0.316. The van der Waals surface area contributed by atoms with E-state index < -0.39 is 0 Å². The van der Waals surface area contributed by atoms with E-state index in [1.807, 2.05) is 6.08 Å². The van der Waals surface area contributed by atoms with Gasteiger partial charge in [-0.25, -0.2) is 0 Å². The molecule has 3 aliphatic rings. The lowest BCUT2D eigenvalue weighted by atomic mass is 9.89. The second-order valence-corrected chi connectivity index (χ2v) is 6.98. The van der Waals surface area contributed by atoms with E-state index in [2.05, 4.69) is 51.2 Å². The molecule has 1 saturated heterocycles. The van der Waals surface area contributed by atoms with E-state index in [1.165, 1.54) is 16.7 Å². The van der Waals surface area contributed by atoms with Crippen LogP contribution in [0.3, 0.4) is 0 Å². The zero-order valence-corrected chi connectivity index (χ0v) is 14.4. The summed E-state index contributed by atoms with van der Waals surface area (Å²) in [6.07, 6.45) is 5.64. The minimum absolute atomic E-state index is 0.177. The zero-order chi connectivity index (χ0) is 15.8. The number of ether oxygens (including phenoxy) is 1. The molecule has 0 aromatic heterocycles. The first kappa shape index (κ1) is 14.9. The summed E-state index contributed by atoms with van der Waals surface area (Å²) < 4.78 is 6.50. The molecule has 0 saturated carbocycles. The lowest BCUT2D eigenvalue weighted by molar-refractivity contribution is -0.111. The van der Waals surface area contributed by atoms with Crippen molar-refractivity contribution in [2.24, 2.45) is 0 Å². The van der Waals surface area contributed by atoms with Crippen LogP contribution in [0, 0.1) is 0 Å². The molecule has 1 fully saturated rings. The quantitative estimate of drug-likeness (QED) is 0.793. The van der Waals surface area contributed by atoms with Gasteiger partial charge in [-0.1, -0.05) is 34.1 Å². The van der Waals surface area contributed by atoms with Crippen LogP contribution in [0.1, 0.15) is 18.4 Å². The molecule has 4 heteroatoms. The molecule has 0 atom stereocenters. The molecule has 23 heavy (non-hydrogen) atoms. The van der Waals surface area contributed by atoms with Crippen molar-refractivity contribution in [3.63, 3.8) is 0 Å². The van der Waals surface area contributed by atoms with Gasteiger partial charge in [0.25, 0.3) is 0 Å². The molecular formula is C19H18BrNO2. The Morgan fingerprint density at radius 1 is 1.04 bits per heavy atom. The first-order chi connectivity index (χ1) is 11.2. The van der Waals surface area contributed by atoms with Gasteiger partial charge >= 0.3 is 0 Å². The summed E-state index contributed by atoms with van der Waals surface area (Å²) in [5.41, 5.74) is 5.73. The summed E-state index contributed by atoms with van der Waals surface area (Å²) >= 11 is 3.48. The van der Waals surface area contributed by atoms with E-state index in [9.17, 15) is 4.79 Å². The first-order valence-electron chi connectivity index (χ1n) is 7.98. The van der Waals surface area contributed by atoms with Crippen molar-refractivity contribution in [2.45, 2.75) is 12.8 Å². The highest BCUT2D eigenvalue weighted by Gasteiger charge is 2.29. The van der Waals surface area contributed by atoms with Gasteiger partial charge in [0.2, 0.25) is 0 Å². The van der Waals surface area contributed by atoms with Crippen LogP contribution in [0.25, 0.3) is 5.57 Å². The fourth-order valence-corrected chi connectivity index (χ4v) is 3.77. The topological polar surface area (TPSA) is 29.5 Å². The predicted molar refractivity (Wildman–Crippen MR) is 93.9 cm³/mol. The Labute approximate surface area is 144 Å². The maximum atomic E-state index is 12.5. The third-order valence-electron chi connectivity index (χ3n) is 4.73. The van der Waals surface area contributed by atoms with Gasteiger partial charge < -0.3 is 9.64 Å². The van der Waals surface area contributed by atoms with Crippen LogP contribution in [-0.2, 0) is 9.53 Å². The standard InChI is InChI=1S/C19H18BrNO2/c20-14-3-1-13(2-4-14)16-5-6-17-18(16)11-15(12-19(17)22)21-7-9-23-10-8-21/h1-5,12H,6-11H2. The summed E-state index contributed by atoms with van der Waals surface area (Å²) in [5, 5.41) is 0. The minimum atomic E-state index is 0.177. The summed E-state index contributed by atoms with van der Waals surface area (Å²) in [4.78, 5) is 14.8. The van der Waals surface area contributed by atoms with Crippen molar-refractivity contribution in [2.75, 3.05) is 26.3 Å². The van der Waals surface area contributed by atoms with E-state index in [0.717, 1.165) is 54.9 Å². The lowest BCUT2D eigenvalue weighted by Crippen LogP contribution is -2.36. The summed E-state index contributed by atoms with van der Waals surface area (Å²) in [7, 11) is 0. The Morgan fingerprint density at radius 3 is 2.52 bits per heavy atom. The van der Waals surface area contributed by atoms with E-state index in [1.54, 1.807) is 0 Å². The van der Waals surface area contributed by atoms with Crippen molar-refractivity contribution in [3.05, 3.63) is 63.3 Å². The summed E-state index contributed by atoms with van der Waals surface area (Å²) in [6, 6.07) is 8.34. The van der Waals surface area contributed by atoms with Crippen molar-refractivity contribution < 1.29 is 9.53 Å². The fourth-order valence-electron chi connectivity index (χ4n) is 3.51. The number of ketones is 1. The van der Waals surface area contributed by atoms with Gasteiger partial charge in [0.1, 0.15) is 0 Å². The highest BCUT2D eigenvalue weighted by atomic mass is 79.9. The Morgan fingerprint density at radius 2 is 1.78 bits per heavy atom. The molecule has 1 aromatic carbocycles. The van der Waals surface area contributed by atoms with Crippen LogP contribution in [0.4, 0.5) is 0 Å². The monoisotopic (exact) mass is 371 g/mol. The van der Waals surface area contributed by atoms with Gasteiger partial charge in [-0.05, 0) is 35.3 Å². The Balaban J connectivity index is 1.62. The smallest absolute Gasteiger partial charge is 0.184 e. The highest BCUT2D eigenvalue weighted by Crippen LogP contribution is 2.41. The normalized spacial score (nSPS) is 21.3. The maximum absolute atomic E-state index is 12.5. The molecule has 3 nitrogen and oxygen atoms in total. The number of hydrogen-bond acceptors (Lipinski definition) is 3. The number of carbonyl (C=O) groups is 1. The predicted octanol–water partition coefficient (Wildman–Crippen LogP) is 3.72. The van der Waals surface area contributed by atoms with Crippen molar-refractivity contribution in [1.29, 1.82) is 0 Å². The third-order valence-corrected chi connectivity index (χ3v) is 5.25. The highest BCUT2D eigenvalue weighted by molar-refractivity contribution is 9.10. The number of allylic oxidation sites excluding steroid dienone is 5. The van der Waals surface area contributed by atoms with E-state index in [-0.39, 0.29) is 5.78 Å². The van der Waals surface area contributed by atoms with Crippen LogP contribution in [-0.4, -0.2) is 37.0 Å². The van der Waals surface area contributed by atoms with Crippen LogP contribution in [0.2, 0.25) is 0 Å². The number of benzene rings is 1. The number of rotatable bonds is 2. The molecule has 4 rings (SSSR count). The molecule has 0 bridgehead atoms. The molecule has 0 amide bonds. The number of morpholine rings is 1. The summed E-state index contributed by atoms with van der Waals surface area (Å²) in [5.74, 6) is 0.177. The van der Waals surface area contributed by atoms with Crippen molar-refractivity contribution in [1.82, 2.24) is 4.90 Å². The van der Waals surface area contributed by atoms with Crippen LogP contribution in [0.15, 0.2) is 57.7 Å². The molecular weight excluding hydrogens is 354 g/mol. The lowest BCUT2D eigenvalue weighted by Gasteiger charge is -2.33. The summed E-state index contributed by atoms with van der Waals surface area (Å²) in [6.45, 7) is 3.23. The second kappa shape index (κ2) is 6.10. The van der Waals surface area contributed by atoms with Gasteiger partial charge in [0, 0.05) is 41.3 Å². The minimum Gasteiger partial charge on any atom is -0.378 e. The number of nitrogens with zero attached hydrogens (tertiary/aromatic N) is 1. The van der Waals surface area contributed by atoms with Crippen molar-refractivity contribution >= 4 is 27.3 Å². The average Bonchev–Trinajstić information content (AvgIpc) is 3.01. The Kier molecular flexibility index (Phi) is 3.95. The van der Waals surface area contributed by atoms with Gasteiger partial charge in [-0.15, -0.1) is 0 Å². The number of hydrogen-bond donors (Lipinski definition) is 0. The van der Waals surface area contributed by atoms with Gasteiger partial charge in [-0.3, -0.25) is 4.79 Å². The zero-order valence-electron chi connectivity index (χ0n) is 12.8. The van der Waals surface area contributed by atoms with Gasteiger partial charge in [0.15, 0.2) is 5.78 Å².